The van der Waals surface area contributed by atoms with E-state index < -0.39 is 23.7 Å². The number of aliphatic carboxylic acids is 1. The van der Waals surface area contributed by atoms with Gasteiger partial charge in [0, 0.05) is 10.3 Å². The number of hydrogen-bond donors (Lipinski definition) is 3. The summed E-state index contributed by atoms with van der Waals surface area (Å²) in [7, 11) is 0. The first kappa shape index (κ1) is 18.6. The average Bonchev–Trinajstić information content (AvgIpc) is 3.30. The molecule has 0 aliphatic heterocycles. The third-order valence-electron chi connectivity index (χ3n) is 5.57. The van der Waals surface area contributed by atoms with Crippen LogP contribution in [0.25, 0.3) is 0 Å². The molecule has 26 heavy (non-hydrogen) atoms. The minimum atomic E-state index is -0.937. The van der Waals surface area contributed by atoms with Crippen molar-refractivity contribution in [2.45, 2.75) is 40.0 Å². The lowest BCUT2D eigenvalue weighted by atomic mass is 9.79. The van der Waals surface area contributed by atoms with Crippen molar-refractivity contribution in [3.05, 3.63) is 33.0 Å². The number of rotatable bonds is 4. The Hall–Kier alpha value is -2.15. The van der Waals surface area contributed by atoms with Crippen LogP contribution in [0.2, 0.25) is 0 Å². The number of hydrogen-bond acceptors (Lipinski definition) is 4. The summed E-state index contributed by atoms with van der Waals surface area (Å²) in [6.07, 6.45) is 2.49. The fraction of sp³-hybridized carbons (Fsp3) is 0.526. The third-order valence-corrected chi connectivity index (χ3v) is 6.65. The van der Waals surface area contributed by atoms with Gasteiger partial charge in [0.05, 0.1) is 17.4 Å². The number of carbonyl (C=O) groups excluding carboxylic acids is 2. The number of aryl methyl sites for hydroxylation is 1. The Morgan fingerprint density at radius 3 is 2.35 bits per heavy atom. The van der Waals surface area contributed by atoms with Crippen LogP contribution in [0.3, 0.4) is 0 Å². The van der Waals surface area contributed by atoms with Crippen molar-refractivity contribution in [3.8, 4) is 0 Å². The molecule has 0 saturated heterocycles. The van der Waals surface area contributed by atoms with E-state index in [4.69, 9.17) is 0 Å². The van der Waals surface area contributed by atoms with Gasteiger partial charge in [0.1, 0.15) is 0 Å². The molecule has 6 nitrogen and oxygen atoms in total. The van der Waals surface area contributed by atoms with Crippen molar-refractivity contribution in [3.63, 3.8) is 0 Å². The summed E-state index contributed by atoms with van der Waals surface area (Å²) in [4.78, 5) is 37.8. The molecule has 0 aromatic carbocycles. The van der Waals surface area contributed by atoms with Gasteiger partial charge in [0.15, 0.2) is 0 Å². The zero-order chi connectivity index (χ0) is 19.0. The van der Waals surface area contributed by atoms with Crippen LogP contribution in [0.4, 0.5) is 0 Å². The van der Waals surface area contributed by atoms with Gasteiger partial charge in [-0.2, -0.15) is 0 Å². The molecule has 0 spiro atoms. The van der Waals surface area contributed by atoms with Crippen LogP contribution < -0.4 is 10.9 Å². The van der Waals surface area contributed by atoms with Crippen molar-refractivity contribution in [2.75, 3.05) is 0 Å². The molecule has 0 unspecified atom stereocenters. The highest BCUT2D eigenvalue weighted by Crippen LogP contribution is 2.57. The number of hydrazine groups is 1. The molecule has 2 amide bonds. The fourth-order valence-corrected chi connectivity index (χ4v) is 5.38. The quantitative estimate of drug-likeness (QED) is 0.556. The molecule has 2 aliphatic carbocycles. The molecule has 2 saturated carbocycles. The number of fused-ring (bicyclic) bond motifs is 2. The predicted molar refractivity (Wildman–Crippen MR) is 98.5 cm³/mol. The van der Waals surface area contributed by atoms with Crippen LogP contribution >= 0.6 is 11.3 Å². The van der Waals surface area contributed by atoms with E-state index in [1.165, 1.54) is 11.3 Å². The Morgan fingerprint density at radius 1 is 1.15 bits per heavy atom. The summed E-state index contributed by atoms with van der Waals surface area (Å²) in [5.74, 6) is -3.20. The minimum Gasteiger partial charge on any atom is -0.481 e. The topological polar surface area (TPSA) is 95.5 Å². The lowest BCUT2D eigenvalue weighted by Crippen LogP contribution is -2.48. The van der Waals surface area contributed by atoms with E-state index in [9.17, 15) is 19.5 Å². The number of thiophene rings is 1. The Kier molecular flexibility index (Phi) is 5.18. The maximum absolute atomic E-state index is 12.7. The first-order valence-corrected chi connectivity index (χ1v) is 9.80. The van der Waals surface area contributed by atoms with Crippen LogP contribution in [0.5, 0.6) is 0 Å². The number of allylic oxidation sites excluding steroid dienone is 2. The van der Waals surface area contributed by atoms with Crippen LogP contribution in [-0.4, -0.2) is 22.9 Å². The second kappa shape index (κ2) is 7.23. The molecule has 3 rings (SSSR count). The highest BCUT2D eigenvalue weighted by Gasteiger charge is 2.57. The summed E-state index contributed by atoms with van der Waals surface area (Å²) in [6.45, 7) is 5.96. The van der Waals surface area contributed by atoms with Crippen molar-refractivity contribution < 1.29 is 19.5 Å². The highest BCUT2D eigenvalue weighted by molar-refractivity contribution is 7.10. The van der Waals surface area contributed by atoms with E-state index in [1.54, 1.807) is 11.4 Å². The van der Waals surface area contributed by atoms with Gasteiger partial charge in [-0.05, 0) is 51.0 Å². The zero-order valence-electron chi connectivity index (χ0n) is 15.2. The molecule has 1 aromatic rings. The van der Waals surface area contributed by atoms with Gasteiger partial charge >= 0.3 is 5.97 Å². The van der Waals surface area contributed by atoms with Gasteiger partial charge in [-0.25, -0.2) is 0 Å². The van der Waals surface area contributed by atoms with Gasteiger partial charge in [-0.1, -0.05) is 18.1 Å². The summed E-state index contributed by atoms with van der Waals surface area (Å²) in [5.41, 5.74) is 7.62. The lowest BCUT2D eigenvalue weighted by molar-refractivity contribution is -0.149. The van der Waals surface area contributed by atoms with E-state index in [2.05, 4.69) is 10.9 Å². The standard InChI is InChI=1S/C19H24N2O4S/c1-4-11-7-10(8-26-11)17(22)20-21-18(23)15-12-5-6-13(14(12)9(2)3)16(15)19(24)25/h7-8,12-13,15-16H,4-6H2,1-3H3,(H,20,22)(H,21,23)(H,24,25)/t12-,13+,15-,16-/m0/s1. The molecule has 0 radical (unpaired) electrons. The molecule has 2 bridgehead atoms. The van der Waals surface area contributed by atoms with Gasteiger partial charge in [0.25, 0.3) is 5.91 Å². The number of nitrogens with one attached hydrogen (secondary N) is 2. The van der Waals surface area contributed by atoms with E-state index >= 15 is 0 Å². The Morgan fingerprint density at radius 2 is 1.81 bits per heavy atom. The SMILES string of the molecule is CCc1cc(C(=O)NNC(=O)[C@@H]2[C@@H](C(=O)O)[C@@H]3CC[C@H]2C3=C(C)C)cs1. The van der Waals surface area contributed by atoms with Crippen LogP contribution in [-0.2, 0) is 16.0 Å². The summed E-state index contributed by atoms with van der Waals surface area (Å²) < 4.78 is 0. The lowest BCUT2D eigenvalue weighted by Gasteiger charge is -2.26. The Balaban J connectivity index is 1.71. The Labute approximate surface area is 156 Å². The normalized spacial score (nSPS) is 26.7. The first-order valence-electron chi connectivity index (χ1n) is 8.92. The van der Waals surface area contributed by atoms with Crippen molar-refractivity contribution in [2.24, 2.45) is 23.7 Å². The van der Waals surface area contributed by atoms with Crippen molar-refractivity contribution >= 4 is 29.1 Å². The first-order chi connectivity index (χ1) is 12.3. The van der Waals surface area contributed by atoms with Gasteiger partial charge in [-0.3, -0.25) is 25.2 Å². The van der Waals surface area contributed by atoms with E-state index in [1.807, 2.05) is 20.8 Å². The van der Waals surface area contributed by atoms with E-state index in [0.29, 0.717) is 5.56 Å². The molecule has 3 N–H and O–H groups in total. The molecule has 140 valence electrons. The van der Waals surface area contributed by atoms with Crippen LogP contribution in [0.15, 0.2) is 22.6 Å². The molecule has 7 heteroatoms. The molecular weight excluding hydrogens is 352 g/mol. The van der Waals surface area contributed by atoms with Crippen LogP contribution in [0.1, 0.15) is 48.8 Å². The zero-order valence-corrected chi connectivity index (χ0v) is 16.0. The van der Waals surface area contributed by atoms with E-state index in [0.717, 1.165) is 35.3 Å². The average molecular weight is 376 g/mol. The van der Waals surface area contributed by atoms with Crippen molar-refractivity contribution in [1.82, 2.24) is 10.9 Å². The number of amides is 2. The Bertz CT molecular complexity index is 778. The van der Waals surface area contributed by atoms with Gasteiger partial charge in [-0.15, -0.1) is 11.3 Å². The number of carboxylic acid groups (broad SMARTS) is 1. The largest absolute Gasteiger partial charge is 0.481 e. The molecular formula is C19H24N2O4S. The number of carboxylic acids is 1. The maximum Gasteiger partial charge on any atom is 0.307 e. The molecule has 1 heterocycles. The minimum absolute atomic E-state index is 0.0455. The molecule has 2 aliphatic rings. The summed E-state index contributed by atoms with van der Waals surface area (Å²) >= 11 is 1.50. The summed E-state index contributed by atoms with van der Waals surface area (Å²) in [6, 6.07) is 1.80. The smallest absolute Gasteiger partial charge is 0.307 e. The van der Waals surface area contributed by atoms with E-state index in [-0.39, 0.29) is 17.7 Å². The highest BCUT2D eigenvalue weighted by atomic mass is 32.1. The molecule has 2 fully saturated rings. The fourth-order valence-electron chi connectivity index (χ4n) is 4.56. The van der Waals surface area contributed by atoms with Crippen molar-refractivity contribution in [1.29, 1.82) is 0 Å². The monoisotopic (exact) mass is 376 g/mol. The van der Waals surface area contributed by atoms with Gasteiger partial charge in [0.2, 0.25) is 5.91 Å². The molecule has 4 atom stereocenters. The summed E-state index contributed by atoms with van der Waals surface area (Å²) in [5, 5.41) is 11.4. The van der Waals surface area contributed by atoms with Crippen LogP contribution in [0, 0.1) is 23.7 Å². The third kappa shape index (κ3) is 3.16. The number of carbonyl (C=O) groups is 3. The van der Waals surface area contributed by atoms with Gasteiger partial charge < -0.3 is 5.11 Å². The second-order valence-electron chi connectivity index (χ2n) is 7.23. The second-order valence-corrected chi connectivity index (χ2v) is 8.23. The predicted octanol–water partition coefficient (Wildman–Crippen LogP) is 2.76. The maximum atomic E-state index is 12.7. The molecule has 1 aromatic heterocycles.